The summed E-state index contributed by atoms with van der Waals surface area (Å²) in [4.78, 5) is 37.7. The molecule has 1 unspecified atom stereocenters. The van der Waals surface area contributed by atoms with Crippen LogP contribution in [0.3, 0.4) is 0 Å². The van der Waals surface area contributed by atoms with E-state index in [0.717, 1.165) is 40.2 Å². The number of amides is 3. The third kappa shape index (κ3) is 11.3. The Kier molecular flexibility index (Phi) is 13.9. The molecule has 0 aliphatic heterocycles. The number of unbranched alkanes of at least 4 members (excludes halogenated alkanes) is 2. The molecule has 0 bridgehead atoms. The highest BCUT2D eigenvalue weighted by molar-refractivity contribution is 8.01. The van der Waals surface area contributed by atoms with Gasteiger partial charge < -0.3 is 30.9 Å². The average molecular weight is 766 g/mol. The standard InChI is InChI=1S/C37H43N5O7S3/c1-22-18-25(38)20-28(41-35(45)40-16-7-6-8-17-48-26-14-12-23(13-15-26)33(43)44)31(22)24-10-9-11-27(19-24)52(47)30-21-29(51-34(30)50-5)32(39)42-36(46)49-37(2,3)4/h9-15,18-21H,6-8,16-17,38H2,1-5H3,(H,43,44)(H2,39,42,46)(H2,40,41,45). The van der Waals surface area contributed by atoms with Gasteiger partial charge in [0.1, 0.15) is 17.2 Å². The Balaban J connectivity index is 1.39. The molecule has 0 saturated heterocycles. The van der Waals surface area contributed by atoms with Crippen molar-refractivity contribution in [2.24, 2.45) is 0 Å². The van der Waals surface area contributed by atoms with E-state index in [1.165, 1.54) is 35.2 Å². The van der Waals surface area contributed by atoms with E-state index in [9.17, 15) is 18.6 Å². The van der Waals surface area contributed by atoms with Crippen molar-refractivity contribution in [2.75, 3.05) is 30.5 Å². The number of aryl methyl sites for hydroxylation is 1. The topological polar surface area (TPSA) is 193 Å². The van der Waals surface area contributed by atoms with Gasteiger partial charge >= 0.3 is 18.1 Å². The van der Waals surface area contributed by atoms with Crippen LogP contribution in [-0.4, -0.2) is 58.3 Å². The van der Waals surface area contributed by atoms with Gasteiger partial charge in [0.15, 0.2) is 0 Å². The van der Waals surface area contributed by atoms with Crippen LogP contribution in [0.25, 0.3) is 11.1 Å². The number of carbonyl (C=O) groups excluding carboxylic acids is 2. The van der Waals surface area contributed by atoms with E-state index in [1.807, 2.05) is 31.4 Å². The summed E-state index contributed by atoms with van der Waals surface area (Å²) in [5.41, 5.74) is 8.93. The number of nitrogens with two attached hydrogens (primary N) is 1. The number of alkyl carbamates (subject to hydrolysis) is 1. The van der Waals surface area contributed by atoms with Crippen molar-refractivity contribution in [3.8, 4) is 16.9 Å². The van der Waals surface area contributed by atoms with Crippen molar-refractivity contribution in [1.29, 1.82) is 5.41 Å². The molecule has 0 radical (unpaired) electrons. The molecule has 4 rings (SSSR count). The molecule has 1 aromatic heterocycles. The molecule has 0 fully saturated rings. The number of ether oxygens (including phenoxy) is 2. The maximum absolute atomic E-state index is 14.0. The van der Waals surface area contributed by atoms with Gasteiger partial charge in [-0.15, -0.1) is 23.1 Å². The van der Waals surface area contributed by atoms with E-state index >= 15 is 0 Å². The molecule has 4 aromatic rings. The molecule has 3 amide bonds. The molecule has 3 aromatic carbocycles. The van der Waals surface area contributed by atoms with E-state index in [4.69, 9.17) is 25.7 Å². The van der Waals surface area contributed by atoms with Gasteiger partial charge in [-0.25, -0.2) is 18.6 Å². The lowest BCUT2D eigenvalue weighted by molar-refractivity contribution is 0.0562. The number of benzene rings is 3. The minimum Gasteiger partial charge on any atom is -0.494 e. The van der Waals surface area contributed by atoms with Gasteiger partial charge in [0.2, 0.25) is 0 Å². The Bertz CT molecular complexity index is 1960. The molecular weight excluding hydrogens is 723 g/mol. The SMILES string of the molecule is CSc1sc(C(=N)NC(=O)OC(C)(C)C)cc1S(=O)c1cccc(-c2c(C)cc(N)cc2NC(=O)NCCCCCOc2ccc(C(=O)O)cc2)c1. The highest BCUT2D eigenvalue weighted by Gasteiger charge is 2.22. The van der Waals surface area contributed by atoms with Crippen molar-refractivity contribution in [3.05, 3.63) is 82.7 Å². The normalized spacial score (nSPS) is 11.7. The number of aromatic carboxylic acids is 1. The number of nitrogens with one attached hydrogen (secondary N) is 4. The number of hydrogen-bond acceptors (Lipinski definition) is 10. The van der Waals surface area contributed by atoms with Crippen LogP contribution in [0.4, 0.5) is 21.0 Å². The quantitative estimate of drug-likeness (QED) is 0.0242. The Morgan fingerprint density at radius 3 is 2.42 bits per heavy atom. The molecule has 7 N–H and O–H groups in total. The molecule has 0 aliphatic rings. The fourth-order valence-corrected chi connectivity index (χ4v) is 8.59. The second-order valence-corrected chi connectivity index (χ2v) is 16.2. The van der Waals surface area contributed by atoms with E-state index in [1.54, 1.807) is 57.2 Å². The molecular formula is C37H43N5O7S3. The summed E-state index contributed by atoms with van der Waals surface area (Å²) in [5.74, 6) is -0.531. The first-order valence-electron chi connectivity index (χ1n) is 16.3. The van der Waals surface area contributed by atoms with Gasteiger partial charge in [-0.3, -0.25) is 10.7 Å². The fourth-order valence-electron chi connectivity index (χ4n) is 5.07. The number of carboxylic acids is 1. The molecule has 15 heteroatoms. The third-order valence-corrected chi connectivity index (χ3v) is 11.3. The number of thioether (sulfide) groups is 1. The first-order chi connectivity index (χ1) is 24.6. The Hall–Kier alpha value is -4.86. The van der Waals surface area contributed by atoms with Gasteiger partial charge in [-0.05, 0) is 119 Å². The summed E-state index contributed by atoms with van der Waals surface area (Å²) < 4.78 is 25.7. The minimum atomic E-state index is -1.62. The zero-order chi connectivity index (χ0) is 38.0. The highest BCUT2D eigenvalue weighted by Crippen LogP contribution is 2.38. The third-order valence-electron chi connectivity index (χ3n) is 7.34. The first-order valence-corrected chi connectivity index (χ1v) is 19.5. The van der Waals surface area contributed by atoms with E-state index in [-0.39, 0.29) is 11.4 Å². The van der Waals surface area contributed by atoms with Gasteiger partial charge in [0, 0.05) is 22.7 Å². The molecule has 1 heterocycles. The van der Waals surface area contributed by atoms with Crippen LogP contribution in [0.5, 0.6) is 5.75 Å². The summed E-state index contributed by atoms with van der Waals surface area (Å²) in [7, 11) is -1.62. The van der Waals surface area contributed by atoms with Crippen LogP contribution in [0, 0.1) is 12.3 Å². The maximum atomic E-state index is 14.0. The smallest absolute Gasteiger partial charge is 0.413 e. The van der Waals surface area contributed by atoms with Gasteiger partial charge in [-0.1, -0.05) is 12.1 Å². The van der Waals surface area contributed by atoms with Crippen LogP contribution < -0.4 is 26.4 Å². The molecule has 52 heavy (non-hydrogen) atoms. The minimum absolute atomic E-state index is 0.144. The number of rotatable bonds is 14. The van der Waals surface area contributed by atoms with E-state index < -0.39 is 34.5 Å². The van der Waals surface area contributed by atoms with Gasteiger partial charge in [0.05, 0.1) is 42.6 Å². The number of nitrogen functional groups attached to an aromatic ring is 1. The zero-order valence-electron chi connectivity index (χ0n) is 29.6. The Morgan fingerprint density at radius 2 is 1.75 bits per heavy atom. The summed E-state index contributed by atoms with van der Waals surface area (Å²) in [5, 5.41) is 25.7. The van der Waals surface area contributed by atoms with Crippen molar-refractivity contribution >= 4 is 69.2 Å². The lowest BCUT2D eigenvalue weighted by Gasteiger charge is -2.19. The maximum Gasteiger partial charge on any atom is 0.413 e. The number of hydrogen-bond donors (Lipinski definition) is 6. The molecule has 12 nitrogen and oxygen atoms in total. The van der Waals surface area contributed by atoms with Crippen LogP contribution in [0.1, 0.15) is 60.8 Å². The molecule has 0 spiro atoms. The molecule has 0 saturated carbocycles. The predicted molar refractivity (Wildman–Crippen MR) is 208 cm³/mol. The summed E-state index contributed by atoms with van der Waals surface area (Å²) in [6, 6.07) is 18.3. The van der Waals surface area contributed by atoms with Crippen LogP contribution in [0.15, 0.2) is 80.7 Å². The number of amidine groups is 1. The van der Waals surface area contributed by atoms with Crippen LogP contribution in [0.2, 0.25) is 0 Å². The molecule has 0 aliphatic carbocycles. The Morgan fingerprint density at radius 1 is 1.02 bits per heavy atom. The second-order valence-electron chi connectivity index (χ2n) is 12.6. The summed E-state index contributed by atoms with van der Waals surface area (Å²) >= 11 is 2.67. The van der Waals surface area contributed by atoms with E-state index in [2.05, 4.69) is 16.0 Å². The molecule has 1 atom stereocenters. The van der Waals surface area contributed by atoms with Crippen molar-refractivity contribution in [2.45, 2.75) is 66.6 Å². The summed E-state index contributed by atoms with van der Waals surface area (Å²) in [6.07, 6.45) is 3.42. The van der Waals surface area contributed by atoms with Gasteiger partial charge in [-0.2, -0.15) is 0 Å². The Labute approximate surface area is 313 Å². The largest absolute Gasteiger partial charge is 0.494 e. The monoisotopic (exact) mass is 765 g/mol. The fraction of sp³-hybridized carbons (Fsp3) is 0.297. The van der Waals surface area contributed by atoms with Crippen molar-refractivity contribution in [3.63, 3.8) is 0 Å². The van der Waals surface area contributed by atoms with Gasteiger partial charge in [0.25, 0.3) is 0 Å². The highest BCUT2D eigenvalue weighted by atomic mass is 32.2. The van der Waals surface area contributed by atoms with Crippen molar-refractivity contribution in [1.82, 2.24) is 10.6 Å². The van der Waals surface area contributed by atoms with E-state index in [0.29, 0.717) is 44.9 Å². The number of carbonyl (C=O) groups is 3. The number of carboxylic acid groups (broad SMARTS) is 1. The number of thiophene rings is 1. The second kappa shape index (κ2) is 18.1. The van der Waals surface area contributed by atoms with Crippen LogP contribution in [-0.2, 0) is 15.5 Å². The summed E-state index contributed by atoms with van der Waals surface area (Å²) in [6.45, 7) is 8.01. The number of urea groups is 1. The molecule has 276 valence electrons. The van der Waals surface area contributed by atoms with Crippen LogP contribution >= 0.6 is 23.1 Å². The van der Waals surface area contributed by atoms with Crippen molar-refractivity contribution < 1.29 is 33.2 Å². The number of anilines is 2. The lowest BCUT2D eigenvalue weighted by atomic mass is 9.97. The predicted octanol–water partition coefficient (Wildman–Crippen LogP) is 8.11. The lowest BCUT2D eigenvalue weighted by Crippen LogP contribution is -2.36. The average Bonchev–Trinajstić information content (AvgIpc) is 3.51. The zero-order valence-corrected chi connectivity index (χ0v) is 32.0. The first kappa shape index (κ1) is 39.9.